The van der Waals surface area contributed by atoms with Gasteiger partial charge in [0.25, 0.3) is 0 Å². The van der Waals surface area contributed by atoms with Crippen LogP contribution in [-0.2, 0) is 13.8 Å². The molecule has 2 aromatic heterocycles. The Morgan fingerprint density at radius 2 is 2.07 bits per heavy atom. The fourth-order valence-corrected chi connectivity index (χ4v) is 3.07. The lowest BCUT2D eigenvalue weighted by Gasteiger charge is -2.19. The molecule has 0 aliphatic carbocycles. The van der Waals surface area contributed by atoms with Gasteiger partial charge in [0.1, 0.15) is 24.6 Å². The SMILES string of the molecule is NCCNc1nc2c(N)ncnc2n1C1OC(COP(=O)(O)O)C(O)C1O. The van der Waals surface area contributed by atoms with Gasteiger partial charge >= 0.3 is 7.82 Å². The van der Waals surface area contributed by atoms with Crippen molar-refractivity contribution in [3.8, 4) is 0 Å². The molecule has 0 spiro atoms. The van der Waals surface area contributed by atoms with Crippen molar-refractivity contribution in [3.63, 3.8) is 0 Å². The highest BCUT2D eigenvalue weighted by atomic mass is 31.2. The van der Waals surface area contributed by atoms with E-state index in [1.807, 2.05) is 0 Å². The van der Waals surface area contributed by atoms with Gasteiger partial charge in [0, 0.05) is 13.1 Å². The Balaban J connectivity index is 1.95. The summed E-state index contributed by atoms with van der Waals surface area (Å²) in [6, 6.07) is 0. The number of anilines is 2. The smallest absolute Gasteiger partial charge is 0.387 e. The van der Waals surface area contributed by atoms with E-state index in [-0.39, 0.29) is 22.9 Å². The molecule has 27 heavy (non-hydrogen) atoms. The van der Waals surface area contributed by atoms with Crippen LogP contribution in [0, 0.1) is 0 Å². The summed E-state index contributed by atoms with van der Waals surface area (Å²) in [5, 5.41) is 23.5. The fourth-order valence-electron chi connectivity index (χ4n) is 2.73. The number of aliphatic hydroxyl groups is 2. The summed E-state index contributed by atoms with van der Waals surface area (Å²) in [4.78, 5) is 29.9. The molecule has 0 aromatic carbocycles. The van der Waals surface area contributed by atoms with Crippen LogP contribution in [0.1, 0.15) is 6.23 Å². The van der Waals surface area contributed by atoms with Gasteiger partial charge in [-0.2, -0.15) is 0 Å². The van der Waals surface area contributed by atoms with Crippen molar-refractivity contribution in [2.24, 2.45) is 5.73 Å². The molecule has 0 bridgehead atoms. The maximum atomic E-state index is 10.9. The average molecular weight is 405 g/mol. The number of nitrogen functional groups attached to an aromatic ring is 1. The van der Waals surface area contributed by atoms with Crippen molar-refractivity contribution >= 4 is 30.8 Å². The van der Waals surface area contributed by atoms with E-state index in [2.05, 4.69) is 24.8 Å². The molecule has 2 aromatic rings. The van der Waals surface area contributed by atoms with Crippen molar-refractivity contribution < 1.29 is 33.8 Å². The molecule has 4 atom stereocenters. The number of nitrogens with two attached hydrogens (primary N) is 2. The predicted octanol–water partition coefficient (Wildman–Crippen LogP) is -2.49. The standard InChI is InChI=1S/C12H20N7O7P/c13-1-2-15-12-18-6-9(14)16-4-17-10(6)19(12)11-8(21)7(20)5(26-11)3-25-27(22,23)24/h4-5,7-8,11,20-21H,1-3,13H2,(H,15,18)(H2,14,16,17)(H2,22,23,24). The van der Waals surface area contributed by atoms with Crippen LogP contribution >= 0.6 is 7.82 Å². The van der Waals surface area contributed by atoms with Gasteiger partial charge < -0.3 is 41.5 Å². The summed E-state index contributed by atoms with van der Waals surface area (Å²) in [6.45, 7) is 0.000901. The molecule has 1 saturated heterocycles. The zero-order valence-corrected chi connectivity index (χ0v) is 14.8. The molecule has 1 fully saturated rings. The number of fused-ring (bicyclic) bond motifs is 1. The van der Waals surface area contributed by atoms with Crippen molar-refractivity contribution in [1.82, 2.24) is 19.5 Å². The van der Waals surface area contributed by atoms with Gasteiger partial charge in [-0.3, -0.25) is 9.09 Å². The van der Waals surface area contributed by atoms with Crippen LogP contribution in [0.5, 0.6) is 0 Å². The number of hydrogen-bond acceptors (Lipinski definition) is 11. The second kappa shape index (κ2) is 7.61. The summed E-state index contributed by atoms with van der Waals surface area (Å²) in [5.74, 6) is 0.319. The first kappa shape index (κ1) is 19.9. The number of nitrogens with zero attached hydrogens (tertiary/aromatic N) is 4. The van der Waals surface area contributed by atoms with Crippen molar-refractivity contribution in [3.05, 3.63) is 6.33 Å². The number of phosphoric ester groups is 1. The minimum atomic E-state index is -4.77. The maximum Gasteiger partial charge on any atom is 0.469 e. The van der Waals surface area contributed by atoms with Gasteiger partial charge in [0.15, 0.2) is 23.2 Å². The van der Waals surface area contributed by atoms with Crippen molar-refractivity contribution in [2.45, 2.75) is 24.5 Å². The molecule has 4 unspecified atom stereocenters. The minimum absolute atomic E-state index is 0.101. The molecule has 1 aliphatic heterocycles. The number of ether oxygens (including phenoxy) is 1. The van der Waals surface area contributed by atoms with Crippen LogP contribution in [0.2, 0.25) is 0 Å². The van der Waals surface area contributed by atoms with E-state index >= 15 is 0 Å². The number of aromatic nitrogens is 4. The third-order valence-corrected chi connectivity index (χ3v) is 4.42. The highest BCUT2D eigenvalue weighted by molar-refractivity contribution is 7.46. The first-order valence-corrected chi connectivity index (χ1v) is 9.40. The van der Waals surface area contributed by atoms with Crippen LogP contribution in [0.15, 0.2) is 6.33 Å². The average Bonchev–Trinajstić information content (AvgIpc) is 3.10. The Bertz CT molecular complexity index is 858. The molecule has 3 heterocycles. The quantitative estimate of drug-likeness (QED) is 0.237. The zero-order valence-electron chi connectivity index (χ0n) is 13.9. The van der Waals surface area contributed by atoms with Crippen molar-refractivity contribution in [2.75, 3.05) is 30.7 Å². The molecule has 150 valence electrons. The molecule has 3 rings (SSSR count). The Labute approximate surface area is 152 Å². The highest BCUT2D eigenvalue weighted by Gasteiger charge is 2.46. The second-order valence-corrected chi connectivity index (χ2v) is 7.02. The highest BCUT2D eigenvalue weighted by Crippen LogP contribution is 2.39. The lowest BCUT2D eigenvalue weighted by atomic mass is 10.1. The number of rotatable bonds is 7. The number of aliphatic hydroxyl groups excluding tert-OH is 2. The number of hydrogen-bond donors (Lipinski definition) is 7. The number of nitrogens with one attached hydrogen (secondary N) is 1. The van der Waals surface area contributed by atoms with E-state index in [0.29, 0.717) is 13.1 Å². The Morgan fingerprint density at radius 3 is 2.74 bits per heavy atom. The Kier molecular flexibility index (Phi) is 5.60. The van der Waals surface area contributed by atoms with E-state index in [1.165, 1.54) is 10.9 Å². The molecule has 0 amide bonds. The Morgan fingerprint density at radius 1 is 1.33 bits per heavy atom. The molecular weight excluding hydrogens is 385 g/mol. The van der Waals surface area contributed by atoms with Gasteiger partial charge in [-0.25, -0.2) is 19.5 Å². The summed E-state index contributed by atoms with van der Waals surface area (Å²) in [6.07, 6.45) is -4.10. The normalized spacial score (nSPS) is 26.0. The fraction of sp³-hybridized carbons (Fsp3) is 0.583. The van der Waals surface area contributed by atoms with E-state index < -0.39 is 39.0 Å². The summed E-state index contributed by atoms with van der Waals surface area (Å²) in [7, 11) is -4.77. The molecule has 1 aliphatic rings. The topological polar surface area (TPSA) is 224 Å². The van der Waals surface area contributed by atoms with E-state index in [4.69, 9.17) is 26.0 Å². The summed E-state index contributed by atoms with van der Waals surface area (Å²) in [5.41, 5.74) is 11.8. The summed E-state index contributed by atoms with van der Waals surface area (Å²) >= 11 is 0. The number of phosphoric acid groups is 1. The minimum Gasteiger partial charge on any atom is -0.387 e. The molecule has 9 N–H and O–H groups in total. The van der Waals surface area contributed by atoms with E-state index in [1.54, 1.807) is 0 Å². The molecule has 0 radical (unpaired) electrons. The molecule has 0 saturated carbocycles. The predicted molar refractivity (Wildman–Crippen MR) is 91.2 cm³/mol. The van der Waals surface area contributed by atoms with Gasteiger partial charge in [-0.05, 0) is 0 Å². The first-order chi connectivity index (χ1) is 12.7. The largest absolute Gasteiger partial charge is 0.469 e. The van der Waals surface area contributed by atoms with Crippen LogP contribution < -0.4 is 16.8 Å². The van der Waals surface area contributed by atoms with Crippen LogP contribution in [0.3, 0.4) is 0 Å². The van der Waals surface area contributed by atoms with Crippen LogP contribution in [-0.4, -0.2) is 77.5 Å². The van der Waals surface area contributed by atoms with E-state index in [9.17, 15) is 14.8 Å². The van der Waals surface area contributed by atoms with Crippen molar-refractivity contribution in [1.29, 1.82) is 0 Å². The van der Waals surface area contributed by atoms with Gasteiger partial charge in [-0.15, -0.1) is 0 Å². The first-order valence-electron chi connectivity index (χ1n) is 7.87. The maximum absolute atomic E-state index is 10.9. The second-order valence-electron chi connectivity index (χ2n) is 5.78. The van der Waals surface area contributed by atoms with Crippen LogP contribution in [0.25, 0.3) is 11.2 Å². The summed E-state index contributed by atoms with van der Waals surface area (Å²) < 4.78 is 22.2. The van der Waals surface area contributed by atoms with Gasteiger partial charge in [-0.1, -0.05) is 0 Å². The van der Waals surface area contributed by atoms with Crippen LogP contribution in [0.4, 0.5) is 11.8 Å². The molecule has 14 nitrogen and oxygen atoms in total. The third-order valence-electron chi connectivity index (χ3n) is 3.93. The monoisotopic (exact) mass is 405 g/mol. The third kappa shape index (κ3) is 4.02. The van der Waals surface area contributed by atoms with Gasteiger partial charge in [0.2, 0.25) is 5.95 Å². The Hall–Kier alpha value is -1.90. The lowest BCUT2D eigenvalue weighted by Crippen LogP contribution is -2.33. The lowest BCUT2D eigenvalue weighted by molar-refractivity contribution is -0.0494. The molecule has 15 heteroatoms. The zero-order chi connectivity index (χ0) is 19.8. The number of imidazole rings is 1. The van der Waals surface area contributed by atoms with Gasteiger partial charge in [0.05, 0.1) is 6.61 Å². The molecular formula is C12H20N7O7P. The van der Waals surface area contributed by atoms with E-state index in [0.717, 1.165) is 0 Å².